The molecule has 0 saturated heterocycles. The maximum atomic E-state index is 4.82. The number of nitrogens with zero attached hydrogens (tertiary/aromatic N) is 2. The lowest BCUT2D eigenvalue weighted by atomic mass is 10.8. The summed E-state index contributed by atoms with van der Waals surface area (Å²) in [5, 5.41) is 9.48. The lowest BCUT2D eigenvalue weighted by Crippen LogP contribution is -1.83. The molecular weight excluding hydrogens is 106 g/mol. The molecule has 1 radical (unpaired) electrons. The van der Waals surface area contributed by atoms with Crippen LogP contribution in [0, 0.1) is 6.61 Å². The van der Waals surface area contributed by atoms with Gasteiger partial charge in [-0.05, 0) is 6.92 Å². The van der Waals surface area contributed by atoms with Gasteiger partial charge in [-0.2, -0.15) is 0 Å². The van der Waals surface area contributed by atoms with E-state index in [-0.39, 0.29) is 0 Å². The zero-order chi connectivity index (χ0) is 5.82. The minimum Gasteiger partial charge on any atom is -0.469 e. The van der Waals surface area contributed by atoms with Crippen molar-refractivity contribution in [2.24, 2.45) is 0 Å². The van der Waals surface area contributed by atoms with Gasteiger partial charge in [0.15, 0.2) is 0 Å². The second kappa shape index (κ2) is 2.30. The standard InChI is InChI=1S/C4H6N3O/c1-2-8-4-3-5-7-6-4/h2-3H,1H3,(H,5,6,7). The number of nitrogens with one attached hydrogen (secondary N) is 1. The molecule has 4 heteroatoms. The van der Waals surface area contributed by atoms with Crippen LogP contribution in [-0.4, -0.2) is 15.4 Å². The number of H-pyrrole nitrogens is 1. The minimum absolute atomic E-state index is 0.493. The van der Waals surface area contributed by atoms with Crippen LogP contribution in [0.2, 0.25) is 0 Å². The molecule has 1 aromatic heterocycles. The van der Waals surface area contributed by atoms with E-state index in [4.69, 9.17) is 4.74 Å². The van der Waals surface area contributed by atoms with Gasteiger partial charge in [0.25, 0.3) is 5.88 Å². The molecule has 1 heterocycles. The Morgan fingerprint density at radius 3 is 3.25 bits per heavy atom. The van der Waals surface area contributed by atoms with Gasteiger partial charge in [0.05, 0.1) is 6.20 Å². The number of ether oxygens (including phenoxy) is 1. The Bertz CT molecular complexity index is 137. The molecule has 0 aliphatic heterocycles. The van der Waals surface area contributed by atoms with E-state index in [1.165, 1.54) is 6.61 Å². The maximum Gasteiger partial charge on any atom is 0.253 e. The molecule has 0 aromatic carbocycles. The molecule has 0 bridgehead atoms. The Labute approximate surface area is 46.9 Å². The summed E-state index contributed by atoms with van der Waals surface area (Å²) in [6.45, 7) is 3.31. The highest BCUT2D eigenvalue weighted by atomic mass is 16.5. The van der Waals surface area contributed by atoms with E-state index in [0.717, 1.165) is 0 Å². The second-order valence-corrected chi connectivity index (χ2v) is 1.17. The SMILES string of the molecule is C[CH]Oc1c[nH]nn1. The van der Waals surface area contributed by atoms with Gasteiger partial charge < -0.3 is 4.74 Å². The highest BCUT2D eigenvalue weighted by Crippen LogP contribution is 1.99. The molecule has 0 amide bonds. The number of aromatic nitrogens is 3. The second-order valence-electron chi connectivity index (χ2n) is 1.17. The molecule has 0 saturated carbocycles. The van der Waals surface area contributed by atoms with Crippen LogP contribution >= 0.6 is 0 Å². The van der Waals surface area contributed by atoms with Crippen molar-refractivity contribution >= 4 is 0 Å². The molecule has 1 N–H and O–H groups in total. The van der Waals surface area contributed by atoms with Gasteiger partial charge in [0.2, 0.25) is 0 Å². The zero-order valence-electron chi connectivity index (χ0n) is 4.46. The topological polar surface area (TPSA) is 50.8 Å². The van der Waals surface area contributed by atoms with Crippen LogP contribution in [0.4, 0.5) is 0 Å². The first-order chi connectivity index (χ1) is 3.93. The predicted octanol–water partition coefficient (Wildman–Crippen LogP) is 0.365. The van der Waals surface area contributed by atoms with E-state index in [2.05, 4.69) is 15.4 Å². The first kappa shape index (κ1) is 5.08. The fraction of sp³-hybridized carbons (Fsp3) is 0.250. The van der Waals surface area contributed by atoms with Gasteiger partial charge in [-0.3, -0.25) is 5.10 Å². The summed E-state index contributed by atoms with van der Waals surface area (Å²) in [5.41, 5.74) is 0. The zero-order valence-corrected chi connectivity index (χ0v) is 4.46. The van der Waals surface area contributed by atoms with Crippen LogP contribution in [0.5, 0.6) is 5.88 Å². The van der Waals surface area contributed by atoms with Crippen LogP contribution in [0.1, 0.15) is 6.92 Å². The van der Waals surface area contributed by atoms with E-state index >= 15 is 0 Å². The molecule has 4 nitrogen and oxygen atoms in total. The molecule has 0 aliphatic carbocycles. The molecule has 1 rings (SSSR count). The normalized spacial score (nSPS) is 9.12. The molecular formula is C4H6N3O. The van der Waals surface area contributed by atoms with E-state index < -0.39 is 0 Å². The van der Waals surface area contributed by atoms with Crippen LogP contribution < -0.4 is 4.74 Å². The van der Waals surface area contributed by atoms with E-state index in [0.29, 0.717) is 5.88 Å². The molecule has 8 heavy (non-hydrogen) atoms. The van der Waals surface area contributed by atoms with Gasteiger partial charge in [-0.15, -0.1) is 0 Å². The summed E-state index contributed by atoms with van der Waals surface area (Å²) >= 11 is 0. The third kappa shape index (κ3) is 0.959. The quantitative estimate of drug-likeness (QED) is 0.601. The van der Waals surface area contributed by atoms with Crippen molar-refractivity contribution in [2.45, 2.75) is 6.92 Å². The monoisotopic (exact) mass is 112 g/mol. The third-order valence-electron chi connectivity index (χ3n) is 0.633. The predicted molar refractivity (Wildman–Crippen MR) is 27.0 cm³/mol. The van der Waals surface area contributed by atoms with Crippen molar-refractivity contribution in [3.05, 3.63) is 12.8 Å². The summed E-state index contributed by atoms with van der Waals surface area (Å²) in [6.07, 6.45) is 1.57. The first-order valence-corrected chi connectivity index (χ1v) is 2.24. The van der Waals surface area contributed by atoms with Crippen molar-refractivity contribution in [3.63, 3.8) is 0 Å². The molecule has 0 atom stereocenters. The fourth-order valence-corrected chi connectivity index (χ4v) is 0.369. The fourth-order valence-electron chi connectivity index (χ4n) is 0.369. The summed E-state index contributed by atoms with van der Waals surface area (Å²) in [6, 6.07) is 0. The van der Waals surface area contributed by atoms with Crippen molar-refractivity contribution in [3.8, 4) is 5.88 Å². The summed E-state index contributed by atoms with van der Waals surface area (Å²) < 4.78 is 4.82. The number of rotatable bonds is 2. The molecule has 1 aromatic rings. The lowest BCUT2D eigenvalue weighted by Gasteiger charge is -1.89. The van der Waals surface area contributed by atoms with Crippen molar-refractivity contribution in [1.82, 2.24) is 15.4 Å². The van der Waals surface area contributed by atoms with Gasteiger partial charge in [-0.25, -0.2) is 0 Å². The Morgan fingerprint density at radius 1 is 1.88 bits per heavy atom. The van der Waals surface area contributed by atoms with E-state index in [9.17, 15) is 0 Å². The maximum absolute atomic E-state index is 4.82. The van der Waals surface area contributed by atoms with E-state index in [1.54, 1.807) is 13.1 Å². The van der Waals surface area contributed by atoms with Crippen LogP contribution in [0.25, 0.3) is 0 Å². The minimum atomic E-state index is 0.493. The summed E-state index contributed by atoms with van der Waals surface area (Å²) in [7, 11) is 0. The third-order valence-corrected chi connectivity index (χ3v) is 0.633. The highest BCUT2D eigenvalue weighted by Gasteiger charge is 1.89. The lowest BCUT2D eigenvalue weighted by molar-refractivity contribution is 0.399. The van der Waals surface area contributed by atoms with E-state index in [1.807, 2.05) is 0 Å². The smallest absolute Gasteiger partial charge is 0.253 e. The van der Waals surface area contributed by atoms with Gasteiger partial charge in [-0.1, -0.05) is 10.3 Å². The first-order valence-electron chi connectivity index (χ1n) is 2.24. The van der Waals surface area contributed by atoms with Crippen LogP contribution in [-0.2, 0) is 0 Å². The molecule has 0 spiro atoms. The average molecular weight is 112 g/mol. The van der Waals surface area contributed by atoms with Crippen molar-refractivity contribution in [2.75, 3.05) is 0 Å². The largest absolute Gasteiger partial charge is 0.469 e. The Morgan fingerprint density at radius 2 is 2.75 bits per heavy atom. The average Bonchev–Trinajstić information content (AvgIpc) is 2.19. The molecule has 0 aliphatic rings. The Hall–Kier alpha value is -1.06. The van der Waals surface area contributed by atoms with Crippen LogP contribution in [0.15, 0.2) is 6.20 Å². The molecule has 43 valence electrons. The summed E-state index contributed by atoms with van der Waals surface area (Å²) in [5.74, 6) is 0.493. The molecule has 0 unspecified atom stereocenters. The number of aromatic amines is 1. The molecule has 0 fully saturated rings. The van der Waals surface area contributed by atoms with Crippen LogP contribution in [0.3, 0.4) is 0 Å². The van der Waals surface area contributed by atoms with Crippen molar-refractivity contribution < 1.29 is 4.74 Å². The highest BCUT2D eigenvalue weighted by molar-refractivity contribution is 4.97. The number of hydrogen-bond acceptors (Lipinski definition) is 3. The van der Waals surface area contributed by atoms with Gasteiger partial charge in [0, 0.05) is 0 Å². The van der Waals surface area contributed by atoms with Crippen molar-refractivity contribution in [1.29, 1.82) is 0 Å². The Balaban J connectivity index is 2.50. The Kier molecular flexibility index (Phi) is 1.46. The van der Waals surface area contributed by atoms with Gasteiger partial charge in [0.1, 0.15) is 6.61 Å². The summed E-state index contributed by atoms with van der Waals surface area (Å²) in [4.78, 5) is 0. The van der Waals surface area contributed by atoms with Gasteiger partial charge >= 0.3 is 0 Å². The number of hydrogen-bond donors (Lipinski definition) is 1.